The minimum Gasteiger partial charge on any atom is -0.384 e. The number of anilines is 1. The molecule has 0 unspecified atom stereocenters. The highest BCUT2D eigenvalue weighted by Gasteiger charge is 2.23. The molecule has 0 fully saturated rings. The number of H-pyrrole nitrogens is 1. The number of ether oxygens (including phenoxy) is 1. The third-order valence-electron chi connectivity index (χ3n) is 1.74. The van der Waals surface area contributed by atoms with Gasteiger partial charge in [0, 0.05) is 18.7 Å². The summed E-state index contributed by atoms with van der Waals surface area (Å²) in [5.41, 5.74) is 5.38. The summed E-state index contributed by atoms with van der Waals surface area (Å²) in [5.74, 6) is 1.39. The molecule has 0 saturated carbocycles. The standard InChI is InChI=1S/C8H15N3O/c1-8(2,5-12-3)7-10-4-6(9)11-7/h4H,5,9H2,1-3H3,(H,10,11). The molecule has 0 aliphatic heterocycles. The number of hydrogen-bond acceptors (Lipinski definition) is 3. The molecule has 1 heterocycles. The molecular formula is C8H15N3O. The molecule has 4 nitrogen and oxygen atoms in total. The average Bonchev–Trinajstić information content (AvgIpc) is 2.36. The SMILES string of the molecule is COCC(C)(C)c1nc(N)c[nH]1. The third kappa shape index (κ3) is 1.76. The van der Waals surface area contributed by atoms with Crippen LogP contribution in [0.3, 0.4) is 0 Å². The van der Waals surface area contributed by atoms with Crippen LogP contribution in [0.2, 0.25) is 0 Å². The van der Waals surface area contributed by atoms with E-state index in [9.17, 15) is 0 Å². The lowest BCUT2D eigenvalue weighted by atomic mass is 9.94. The van der Waals surface area contributed by atoms with Crippen LogP contribution < -0.4 is 5.73 Å². The van der Waals surface area contributed by atoms with Crippen molar-refractivity contribution in [2.24, 2.45) is 0 Å². The van der Waals surface area contributed by atoms with Gasteiger partial charge in [0.05, 0.1) is 6.61 Å². The number of rotatable bonds is 3. The molecule has 0 aromatic carbocycles. The van der Waals surface area contributed by atoms with Gasteiger partial charge in [-0.1, -0.05) is 13.8 Å². The number of aromatic nitrogens is 2. The van der Waals surface area contributed by atoms with Gasteiger partial charge in [0.15, 0.2) is 0 Å². The lowest BCUT2D eigenvalue weighted by molar-refractivity contribution is 0.143. The van der Waals surface area contributed by atoms with Gasteiger partial charge in [-0.25, -0.2) is 4.98 Å². The first-order valence-electron chi connectivity index (χ1n) is 3.86. The number of aromatic amines is 1. The Morgan fingerprint density at radius 3 is 2.75 bits per heavy atom. The van der Waals surface area contributed by atoms with Crippen LogP contribution in [0.1, 0.15) is 19.7 Å². The third-order valence-corrected chi connectivity index (χ3v) is 1.74. The highest BCUT2D eigenvalue weighted by molar-refractivity contribution is 5.26. The van der Waals surface area contributed by atoms with E-state index in [-0.39, 0.29) is 5.41 Å². The summed E-state index contributed by atoms with van der Waals surface area (Å²) in [7, 11) is 1.67. The van der Waals surface area contributed by atoms with Gasteiger partial charge in [0.25, 0.3) is 0 Å². The van der Waals surface area contributed by atoms with Crippen LogP contribution in [-0.4, -0.2) is 23.7 Å². The zero-order valence-corrected chi connectivity index (χ0v) is 7.72. The van der Waals surface area contributed by atoms with E-state index in [4.69, 9.17) is 10.5 Å². The molecule has 0 spiro atoms. The van der Waals surface area contributed by atoms with Crippen molar-refractivity contribution in [3.05, 3.63) is 12.0 Å². The van der Waals surface area contributed by atoms with Gasteiger partial charge in [-0.3, -0.25) is 0 Å². The molecular weight excluding hydrogens is 154 g/mol. The van der Waals surface area contributed by atoms with E-state index in [1.54, 1.807) is 13.3 Å². The van der Waals surface area contributed by atoms with Gasteiger partial charge < -0.3 is 15.5 Å². The maximum atomic E-state index is 5.49. The molecule has 0 aliphatic carbocycles. The van der Waals surface area contributed by atoms with E-state index in [0.29, 0.717) is 12.4 Å². The Morgan fingerprint density at radius 2 is 2.33 bits per heavy atom. The summed E-state index contributed by atoms with van der Waals surface area (Å²) < 4.78 is 5.07. The molecule has 0 bridgehead atoms. The van der Waals surface area contributed by atoms with Gasteiger partial charge in [0.2, 0.25) is 0 Å². The first-order valence-corrected chi connectivity index (χ1v) is 3.86. The van der Waals surface area contributed by atoms with Crippen molar-refractivity contribution in [1.29, 1.82) is 0 Å². The predicted octanol–water partition coefficient (Wildman–Crippen LogP) is 0.916. The summed E-state index contributed by atoms with van der Waals surface area (Å²) in [6, 6.07) is 0. The quantitative estimate of drug-likeness (QED) is 0.707. The fraction of sp³-hybridized carbons (Fsp3) is 0.625. The largest absolute Gasteiger partial charge is 0.384 e. The van der Waals surface area contributed by atoms with Crippen LogP contribution >= 0.6 is 0 Å². The molecule has 4 heteroatoms. The average molecular weight is 169 g/mol. The van der Waals surface area contributed by atoms with Gasteiger partial charge in [-0.15, -0.1) is 0 Å². The summed E-state index contributed by atoms with van der Waals surface area (Å²) in [5, 5.41) is 0. The second-order valence-corrected chi connectivity index (χ2v) is 3.49. The van der Waals surface area contributed by atoms with Crippen LogP contribution in [0.15, 0.2) is 6.20 Å². The summed E-state index contributed by atoms with van der Waals surface area (Å²) in [6.07, 6.45) is 1.69. The Hall–Kier alpha value is -1.03. The van der Waals surface area contributed by atoms with Crippen LogP contribution in [0.25, 0.3) is 0 Å². The molecule has 0 atom stereocenters. The van der Waals surface area contributed by atoms with Crippen LogP contribution in [0.5, 0.6) is 0 Å². The van der Waals surface area contributed by atoms with Crippen molar-refractivity contribution >= 4 is 5.82 Å². The minimum atomic E-state index is -0.105. The molecule has 3 N–H and O–H groups in total. The minimum absolute atomic E-state index is 0.105. The highest BCUT2D eigenvalue weighted by Crippen LogP contribution is 2.20. The number of methoxy groups -OCH3 is 1. The number of imidazole rings is 1. The number of hydrogen-bond donors (Lipinski definition) is 2. The normalized spacial score (nSPS) is 11.9. The summed E-state index contributed by atoms with van der Waals surface area (Å²) in [4.78, 5) is 7.16. The Labute approximate surface area is 72.1 Å². The van der Waals surface area contributed by atoms with Gasteiger partial charge in [-0.05, 0) is 0 Å². The van der Waals surface area contributed by atoms with E-state index in [1.807, 2.05) is 0 Å². The summed E-state index contributed by atoms with van der Waals surface area (Å²) >= 11 is 0. The van der Waals surface area contributed by atoms with Crippen molar-refractivity contribution in [2.45, 2.75) is 19.3 Å². The zero-order chi connectivity index (χ0) is 9.19. The van der Waals surface area contributed by atoms with Crippen molar-refractivity contribution in [3.8, 4) is 0 Å². The van der Waals surface area contributed by atoms with E-state index < -0.39 is 0 Å². The highest BCUT2D eigenvalue weighted by atomic mass is 16.5. The topological polar surface area (TPSA) is 63.9 Å². The Balaban J connectivity index is 2.81. The first kappa shape index (κ1) is 9.06. The lowest BCUT2D eigenvalue weighted by Crippen LogP contribution is -2.25. The zero-order valence-electron chi connectivity index (χ0n) is 7.72. The maximum Gasteiger partial charge on any atom is 0.141 e. The molecule has 1 aromatic heterocycles. The van der Waals surface area contributed by atoms with Gasteiger partial charge in [0.1, 0.15) is 11.6 Å². The number of nitrogens with zero attached hydrogens (tertiary/aromatic N) is 1. The Bertz CT molecular complexity index is 255. The molecule has 68 valence electrons. The second-order valence-electron chi connectivity index (χ2n) is 3.49. The summed E-state index contributed by atoms with van der Waals surface area (Å²) in [6.45, 7) is 4.73. The van der Waals surface area contributed by atoms with Crippen LogP contribution in [0.4, 0.5) is 5.82 Å². The van der Waals surface area contributed by atoms with E-state index in [0.717, 1.165) is 5.82 Å². The first-order chi connectivity index (χ1) is 5.56. The molecule has 1 rings (SSSR count). The van der Waals surface area contributed by atoms with Crippen molar-refractivity contribution in [3.63, 3.8) is 0 Å². The molecule has 0 radical (unpaired) electrons. The smallest absolute Gasteiger partial charge is 0.141 e. The monoisotopic (exact) mass is 169 g/mol. The van der Waals surface area contributed by atoms with E-state index >= 15 is 0 Å². The van der Waals surface area contributed by atoms with E-state index in [1.165, 1.54) is 0 Å². The molecule has 0 aliphatic rings. The fourth-order valence-electron chi connectivity index (χ4n) is 1.11. The van der Waals surface area contributed by atoms with Crippen LogP contribution in [0, 0.1) is 0 Å². The van der Waals surface area contributed by atoms with Gasteiger partial charge in [-0.2, -0.15) is 0 Å². The molecule has 0 saturated heterocycles. The van der Waals surface area contributed by atoms with Crippen molar-refractivity contribution in [2.75, 3.05) is 19.5 Å². The predicted molar refractivity (Wildman–Crippen MR) is 47.9 cm³/mol. The Morgan fingerprint density at radius 1 is 1.67 bits per heavy atom. The molecule has 1 aromatic rings. The van der Waals surface area contributed by atoms with Crippen molar-refractivity contribution < 1.29 is 4.74 Å². The number of nitrogens with two attached hydrogens (primary N) is 1. The molecule has 12 heavy (non-hydrogen) atoms. The fourth-order valence-corrected chi connectivity index (χ4v) is 1.11. The lowest BCUT2D eigenvalue weighted by Gasteiger charge is -2.20. The van der Waals surface area contributed by atoms with Crippen LogP contribution in [-0.2, 0) is 10.2 Å². The second kappa shape index (κ2) is 3.15. The van der Waals surface area contributed by atoms with E-state index in [2.05, 4.69) is 23.8 Å². The molecule has 0 amide bonds. The maximum absolute atomic E-state index is 5.49. The number of nitrogens with one attached hydrogen (secondary N) is 1. The van der Waals surface area contributed by atoms with Crippen molar-refractivity contribution in [1.82, 2.24) is 9.97 Å². The Kier molecular flexibility index (Phi) is 2.38. The van der Waals surface area contributed by atoms with Gasteiger partial charge >= 0.3 is 0 Å². The number of nitrogen functional groups attached to an aromatic ring is 1.